The van der Waals surface area contributed by atoms with Crippen LogP contribution in [-0.2, 0) is 6.42 Å². The first-order valence-electron chi connectivity index (χ1n) is 10.8. The lowest BCUT2D eigenvalue weighted by Gasteiger charge is -2.32. The maximum Gasteiger partial charge on any atom is 0.319 e. The molecule has 9 nitrogen and oxygen atoms in total. The van der Waals surface area contributed by atoms with Crippen molar-refractivity contribution in [1.82, 2.24) is 34.8 Å². The molecule has 0 fully saturated rings. The average molecular weight is 444 g/mol. The number of aromatic amines is 1. The van der Waals surface area contributed by atoms with Gasteiger partial charge < -0.3 is 14.3 Å². The van der Waals surface area contributed by atoms with E-state index in [-0.39, 0.29) is 23.5 Å². The Bertz CT molecular complexity index is 1450. The summed E-state index contributed by atoms with van der Waals surface area (Å²) in [7, 11) is 0. The van der Waals surface area contributed by atoms with Crippen molar-refractivity contribution in [3.05, 3.63) is 77.6 Å². The summed E-state index contributed by atoms with van der Waals surface area (Å²) >= 11 is 0. The first kappa shape index (κ1) is 19.6. The van der Waals surface area contributed by atoms with Crippen LogP contribution in [0.15, 0.2) is 53.5 Å². The summed E-state index contributed by atoms with van der Waals surface area (Å²) in [5, 5.41) is 13.2. The third kappa shape index (κ3) is 3.17. The van der Waals surface area contributed by atoms with Gasteiger partial charge in [-0.3, -0.25) is 0 Å². The third-order valence-electron chi connectivity index (χ3n) is 6.03. The van der Waals surface area contributed by atoms with Crippen LogP contribution in [0.4, 0.5) is 10.4 Å². The number of nitrogens with one attached hydrogen (secondary N) is 1. The van der Waals surface area contributed by atoms with E-state index in [0.29, 0.717) is 12.5 Å². The Morgan fingerprint density at radius 2 is 2.09 bits per heavy atom. The highest BCUT2D eigenvalue weighted by molar-refractivity contribution is 5.59. The van der Waals surface area contributed by atoms with Crippen molar-refractivity contribution in [2.45, 2.75) is 32.2 Å². The molecule has 166 valence electrons. The van der Waals surface area contributed by atoms with E-state index in [9.17, 15) is 4.39 Å². The number of H-pyrrole nitrogens is 1. The van der Waals surface area contributed by atoms with Crippen LogP contribution >= 0.6 is 0 Å². The number of imidazole rings is 1. The van der Waals surface area contributed by atoms with E-state index >= 15 is 0 Å². The van der Waals surface area contributed by atoms with Gasteiger partial charge >= 0.3 is 6.01 Å². The van der Waals surface area contributed by atoms with Crippen molar-refractivity contribution < 1.29 is 8.81 Å². The van der Waals surface area contributed by atoms with Crippen molar-refractivity contribution in [2.75, 3.05) is 11.4 Å². The van der Waals surface area contributed by atoms with Gasteiger partial charge in [0, 0.05) is 31.1 Å². The van der Waals surface area contributed by atoms with Gasteiger partial charge in [0.25, 0.3) is 5.89 Å². The number of anilines is 1. The molecule has 0 saturated carbocycles. The van der Waals surface area contributed by atoms with Gasteiger partial charge in [0.05, 0.1) is 28.8 Å². The van der Waals surface area contributed by atoms with Crippen molar-refractivity contribution in [3.8, 4) is 11.5 Å². The van der Waals surface area contributed by atoms with E-state index in [2.05, 4.69) is 51.1 Å². The number of halogens is 1. The smallest absolute Gasteiger partial charge is 0.319 e. The van der Waals surface area contributed by atoms with Gasteiger partial charge in [-0.05, 0) is 35.7 Å². The monoisotopic (exact) mass is 444 g/mol. The second-order valence-electron chi connectivity index (χ2n) is 8.36. The van der Waals surface area contributed by atoms with Gasteiger partial charge in [-0.15, -0.1) is 5.10 Å². The zero-order valence-electron chi connectivity index (χ0n) is 18.1. The van der Waals surface area contributed by atoms with E-state index in [4.69, 9.17) is 9.52 Å². The Balaban J connectivity index is 1.46. The fraction of sp³-hybridized carbons (Fsp3) is 0.261. The maximum absolute atomic E-state index is 14.2. The number of pyridine rings is 2. The molecule has 1 aliphatic rings. The van der Waals surface area contributed by atoms with Crippen LogP contribution < -0.4 is 4.90 Å². The highest BCUT2D eigenvalue weighted by atomic mass is 19.1. The molecule has 6 rings (SSSR count). The topological polar surface area (TPSA) is 101 Å². The number of fused-ring (bicyclic) bond motifs is 2. The minimum absolute atomic E-state index is 0.0827. The first-order valence-corrected chi connectivity index (χ1v) is 10.8. The van der Waals surface area contributed by atoms with Crippen molar-refractivity contribution >= 4 is 11.5 Å². The summed E-state index contributed by atoms with van der Waals surface area (Å²) in [6.45, 7) is 4.94. The van der Waals surface area contributed by atoms with Crippen LogP contribution in [0.1, 0.15) is 48.5 Å². The van der Waals surface area contributed by atoms with Gasteiger partial charge in [0.15, 0.2) is 0 Å². The van der Waals surface area contributed by atoms with Crippen LogP contribution in [0, 0.1) is 5.95 Å². The Kier molecular flexibility index (Phi) is 4.46. The molecular formula is C23H21FN8O. The summed E-state index contributed by atoms with van der Waals surface area (Å²) in [6, 6.07) is 9.37. The van der Waals surface area contributed by atoms with Crippen LogP contribution in [0.3, 0.4) is 0 Å². The first-order chi connectivity index (χ1) is 16.1. The Morgan fingerprint density at radius 3 is 2.94 bits per heavy atom. The second-order valence-corrected chi connectivity index (χ2v) is 8.36. The van der Waals surface area contributed by atoms with Crippen LogP contribution in [-0.4, -0.2) is 41.3 Å². The molecule has 10 heteroatoms. The molecule has 0 radical (unpaired) electrons. The standard InChI is InChI=1S/C23H21FN8O/c1-13(2)14-6-4-9-32-18(14)11-17(30-32)20-19-16(26-12-27-19)7-10-31(20)23-29-28-22(33-23)15-5-3-8-25-21(15)24/h3-6,8-9,11-13,20H,7,10H2,1-2H3,(H,26,27)/t20-/m1/s1. The normalized spacial score (nSPS) is 16.0. The molecule has 1 atom stereocenters. The molecule has 0 saturated heterocycles. The van der Waals surface area contributed by atoms with E-state index in [1.807, 2.05) is 21.7 Å². The fourth-order valence-corrected chi connectivity index (χ4v) is 4.45. The molecule has 33 heavy (non-hydrogen) atoms. The zero-order valence-corrected chi connectivity index (χ0v) is 18.1. The van der Waals surface area contributed by atoms with Crippen molar-refractivity contribution in [3.63, 3.8) is 0 Å². The number of rotatable bonds is 4. The van der Waals surface area contributed by atoms with Gasteiger partial charge in [-0.1, -0.05) is 25.0 Å². The molecule has 5 aromatic heterocycles. The number of hydrogen-bond acceptors (Lipinski definition) is 7. The van der Waals surface area contributed by atoms with E-state index in [1.54, 1.807) is 18.5 Å². The van der Waals surface area contributed by atoms with E-state index in [1.165, 1.54) is 11.8 Å². The Morgan fingerprint density at radius 1 is 1.18 bits per heavy atom. The van der Waals surface area contributed by atoms with Gasteiger partial charge in [0.1, 0.15) is 6.04 Å². The lowest BCUT2D eigenvalue weighted by atomic mass is 9.99. The quantitative estimate of drug-likeness (QED) is 0.419. The molecule has 0 aliphatic carbocycles. The summed E-state index contributed by atoms with van der Waals surface area (Å²) in [6.07, 6.45) is 5.75. The highest BCUT2D eigenvalue weighted by Gasteiger charge is 2.36. The van der Waals surface area contributed by atoms with Gasteiger partial charge in [-0.25, -0.2) is 14.5 Å². The minimum Gasteiger partial charge on any atom is -0.403 e. The second kappa shape index (κ2) is 7.51. The molecule has 0 unspecified atom stereocenters. The lowest BCUT2D eigenvalue weighted by molar-refractivity contribution is 0.499. The van der Waals surface area contributed by atoms with Gasteiger partial charge in [-0.2, -0.15) is 9.49 Å². The average Bonchev–Trinajstić information content (AvgIpc) is 3.56. The van der Waals surface area contributed by atoms with Crippen LogP contribution in [0.5, 0.6) is 0 Å². The molecule has 0 aromatic carbocycles. The molecule has 1 N–H and O–H groups in total. The fourth-order valence-electron chi connectivity index (χ4n) is 4.45. The van der Waals surface area contributed by atoms with E-state index < -0.39 is 5.95 Å². The molecule has 0 spiro atoms. The summed E-state index contributed by atoms with van der Waals surface area (Å²) < 4.78 is 22.0. The molecule has 5 aromatic rings. The van der Waals surface area contributed by atoms with Crippen molar-refractivity contribution in [2.24, 2.45) is 0 Å². The molecule has 0 bridgehead atoms. The lowest BCUT2D eigenvalue weighted by Crippen LogP contribution is -2.36. The Hall–Kier alpha value is -4.08. The summed E-state index contributed by atoms with van der Waals surface area (Å²) in [4.78, 5) is 13.5. The third-order valence-corrected chi connectivity index (χ3v) is 6.03. The number of hydrogen-bond donors (Lipinski definition) is 1. The molecule has 6 heterocycles. The maximum atomic E-state index is 14.2. The zero-order chi connectivity index (χ0) is 22.5. The van der Waals surface area contributed by atoms with Crippen molar-refractivity contribution in [1.29, 1.82) is 0 Å². The summed E-state index contributed by atoms with van der Waals surface area (Å²) in [5.74, 6) is -0.215. The highest BCUT2D eigenvalue weighted by Crippen LogP contribution is 2.37. The minimum atomic E-state index is -0.654. The largest absolute Gasteiger partial charge is 0.403 e. The number of nitrogens with zero attached hydrogens (tertiary/aromatic N) is 7. The predicted octanol–water partition coefficient (Wildman–Crippen LogP) is 3.92. The predicted molar refractivity (Wildman–Crippen MR) is 118 cm³/mol. The SMILES string of the molecule is CC(C)c1cccn2nc([C@@H]3c4nc[nH]c4CCN3c3nnc(-c4cccnc4F)o3)cc12. The molecular weight excluding hydrogens is 423 g/mol. The summed E-state index contributed by atoms with van der Waals surface area (Å²) in [5.41, 5.74) is 5.17. The van der Waals surface area contributed by atoms with Crippen LogP contribution in [0.2, 0.25) is 0 Å². The van der Waals surface area contributed by atoms with Crippen LogP contribution in [0.25, 0.3) is 17.0 Å². The molecule has 0 amide bonds. The van der Waals surface area contributed by atoms with Gasteiger partial charge in [0.2, 0.25) is 5.95 Å². The molecule has 1 aliphatic heterocycles. The Labute approximate surface area is 188 Å². The number of aromatic nitrogens is 7. The van der Waals surface area contributed by atoms with E-state index in [0.717, 1.165) is 29.0 Å².